The standard InChI is InChI=1S/C23H30N4O3/c1-4-30-20-13-10-18(15-21(20)29-3)26-23(24-2)25-16-17-8-11-19(12-9-17)27-14-6-5-7-22(27)28/h8-13,15H,4-7,14,16H2,1-3H3,(H2,24,25,26). The Morgan fingerprint density at radius 1 is 1.13 bits per heavy atom. The van der Waals surface area contributed by atoms with Gasteiger partial charge in [-0.05, 0) is 49.6 Å². The predicted octanol–water partition coefficient (Wildman–Crippen LogP) is 3.80. The third-order valence-corrected chi connectivity index (χ3v) is 4.98. The minimum Gasteiger partial charge on any atom is -0.493 e. The van der Waals surface area contributed by atoms with E-state index in [2.05, 4.69) is 15.6 Å². The zero-order chi connectivity index (χ0) is 21.3. The predicted molar refractivity (Wildman–Crippen MR) is 121 cm³/mol. The van der Waals surface area contributed by atoms with Crippen LogP contribution in [0.2, 0.25) is 0 Å². The van der Waals surface area contributed by atoms with Crippen LogP contribution in [0.4, 0.5) is 11.4 Å². The molecule has 0 atom stereocenters. The number of methoxy groups -OCH3 is 1. The first-order valence-corrected chi connectivity index (χ1v) is 10.3. The maximum absolute atomic E-state index is 12.1. The summed E-state index contributed by atoms with van der Waals surface area (Å²) >= 11 is 0. The van der Waals surface area contributed by atoms with Crippen molar-refractivity contribution >= 4 is 23.2 Å². The number of hydrogen-bond donors (Lipinski definition) is 2. The van der Waals surface area contributed by atoms with Crippen molar-refractivity contribution in [1.82, 2.24) is 5.32 Å². The quantitative estimate of drug-likeness (QED) is 0.536. The lowest BCUT2D eigenvalue weighted by Crippen LogP contribution is -2.35. The van der Waals surface area contributed by atoms with Gasteiger partial charge in [0.25, 0.3) is 0 Å². The third-order valence-electron chi connectivity index (χ3n) is 4.98. The second-order valence-corrected chi connectivity index (χ2v) is 7.02. The maximum atomic E-state index is 12.1. The summed E-state index contributed by atoms with van der Waals surface area (Å²) < 4.78 is 11.0. The Bertz CT molecular complexity index is 881. The molecule has 7 heteroatoms. The van der Waals surface area contributed by atoms with Gasteiger partial charge in [-0.3, -0.25) is 9.79 Å². The molecule has 1 aliphatic heterocycles. The zero-order valence-corrected chi connectivity index (χ0v) is 17.9. The van der Waals surface area contributed by atoms with Crippen LogP contribution in [-0.4, -0.2) is 39.2 Å². The Balaban J connectivity index is 1.58. The van der Waals surface area contributed by atoms with Crippen LogP contribution in [-0.2, 0) is 11.3 Å². The van der Waals surface area contributed by atoms with Gasteiger partial charge >= 0.3 is 0 Å². The maximum Gasteiger partial charge on any atom is 0.226 e. The number of carbonyl (C=O) groups excluding carboxylic acids is 1. The summed E-state index contributed by atoms with van der Waals surface area (Å²) in [5.41, 5.74) is 2.92. The molecular weight excluding hydrogens is 380 g/mol. The normalized spacial score (nSPS) is 14.4. The van der Waals surface area contributed by atoms with Crippen molar-refractivity contribution in [3.05, 3.63) is 48.0 Å². The number of anilines is 2. The van der Waals surface area contributed by atoms with Crippen LogP contribution in [0.25, 0.3) is 0 Å². The summed E-state index contributed by atoms with van der Waals surface area (Å²) in [6.45, 7) is 3.94. The molecule has 2 aromatic rings. The fourth-order valence-corrected chi connectivity index (χ4v) is 3.39. The summed E-state index contributed by atoms with van der Waals surface area (Å²) in [5, 5.41) is 6.57. The number of rotatable bonds is 7. The van der Waals surface area contributed by atoms with Crippen molar-refractivity contribution in [3.8, 4) is 11.5 Å². The van der Waals surface area contributed by atoms with Crippen LogP contribution in [0.15, 0.2) is 47.5 Å². The lowest BCUT2D eigenvalue weighted by Gasteiger charge is -2.26. The number of guanidine groups is 1. The average Bonchev–Trinajstić information content (AvgIpc) is 2.78. The minimum atomic E-state index is 0.211. The summed E-state index contributed by atoms with van der Waals surface area (Å²) in [6, 6.07) is 13.8. The fraction of sp³-hybridized carbons (Fsp3) is 0.391. The van der Waals surface area contributed by atoms with Crippen molar-refractivity contribution in [2.24, 2.45) is 4.99 Å². The summed E-state index contributed by atoms with van der Waals surface area (Å²) in [6.07, 6.45) is 2.69. The number of nitrogens with one attached hydrogen (secondary N) is 2. The van der Waals surface area contributed by atoms with Gasteiger partial charge in [-0.15, -0.1) is 0 Å². The van der Waals surface area contributed by atoms with Gasteiger partial charge < -0.3 is 25.0 Å². The lowest BCUT2D eigenvalue weighted by molar-refractivity contribution is -0.119. The second-order valence-electron chi connectivity index (χ2n) is 7.02. The number of nitrogens with zero attached hydrogens (tertiary/aromatic N) is 2. The molecule has 160 valence electrons. The third kappa shape index (κ3) is 5.43. The van der Waals surface area contributed by atoms with E-state index in [9.17, 15) is 4.79 Å². The Kier molecular flexibility index (Phi) is 7.54. The largest absolute Gasteiger partial charge is 0.493 e. The lowest BCUT2D eigenvalue weighted by atomic mass is 10.1. The molecule has 1 heterocycles. The molecule has 30 heavy (non-hydrogen) atoms. The summed E-state index contributed by atoms with van der Waals surface area (Å²) in [7, 11) is 3.35. The van der Waals surface area contributed by atoms with Gasteiger partial charge in [0.2, 0.25) is 5.91 Å². The number of piperidine rings is 1. The number of benzene rings is 2. The van der Waals surface area contributed by atoms with E-state index >= 15 is 0 Å². The van der Waals surface area contributed by atoms with Gasteiger partial charge in [0, 0.05) is 44.0 Å². The molecule has 0 aliphatic carbocycles. The van der Waals surface area contributed by atoms with Gasteiger partial charge in [-0.25, -0.2) is 0 Å². The number of amides is 1. The van der Waals surface area contributed by atoms with Gasteiger partial charge in [-0.2, -0.15) is 0 Å². The van der Waals surface area contributed by atoms with E-state index in [-0.39, 0.29) is 5.91 Å². The summed E-state index contributed by atoms with van der Waals surface area (Å²) in [4.78, 5) is 18.2. The molecule has 1 aliphatic rings. The number of aliphatic imine (C=N–C) groups is 1. The molecule has 1 fully saturated rings. The van der Waals surface area contributed by atoms with Crippen LogP contribution in [0.1, 0.15) is 31.7 Å². The van der Waals surface area contributed by atoms with Crippen molar-refractivity contribution in [1.29, 1.82) is 0 Å². The van der Waals surface area contributed by atoms with Crippen LogP contribution >= 0.6 is 0 Å². The van der Waals surface area contributed by atoms with Crippen LogP contribution in [0, 0.1) is 0 Å². The van der Waals surface area contributed by atoms with E-state index in [1.165, 1.54) is 0 Å². The summed E-state index contributed by atoms with van der Waals surface area (Å²) in [5.74, 6) is 2.24. The van der Waals surface area contributed by atoms with Gasteiger partial charge in [0.15, 0.2) is 17.5 Å². The first kappa shape index (κ1) is 21.5. The van der Waals surface area contributed by atoms with E-state index in [0.717, 1.165) is 36.3 Å². The van der Waals surface area contributed by atoms with E-state index in [1.807, 2.05) is 54.3 Å². The van der Waals surface area contributed by atoms with Gasteiger partial charge in [-0.1, -0.05) is 12.1 Å². The van der Waals surface area contributed by atoms with Crippen molar-refractivity contribution in [2.45, 2.75) is 32.7 Å². The Morgan fingerprint density at radius 3 is 2.60 bits per heavy atom. The van der Waals surface area contributed by atoms with E-state index in [0.29, 0.717) is 37.0 Å². The molecule has 0 aromatic heterocycles. The molecule has 0 spiro atoms. The molecule has 7 nitrogen and oxygen atoms in total. The molecular formula is C23H30N4O3. The molecule has 0 bridgehead atoms. The number of ether oxygens (including phenoxy) is 2. The minimum absolute atomic E-state index is 0.211. The number of hydrogen-bond acceptors (Lipinski definition) is 4. The SMILES string of the molecule is CCOc1ccc(NC(=NC)NCc2ccc(N3CCCCC3=O)cc2)cc1OC. The highest BCUT2D eigenvalue weighted by Crippen LogP contribution is 2.30. The van der Waals surface area contributed by atoms with E-state index < -0.39 is 0 Å². The Morgan fingerprint density at radius 2 is 1.93 bits per heavy atom. The molecule has 2 aromatic carbocycles. The highest BCUT2D eigenvalue weighted by molar-refractivity contribution is 5.94. The molecule has 3 rings (SSSR count). The second kappa shape index (κ2) is 10.5. The fourth-order valence-electron chi connectivity index (χ4n) is 3.39. The molecule has 0 saturated carbocycles. The van der Waals surface area contributed by atoms with Gasteiger partial charge in [0.05, 0.1) is 13.7 Å². The first-order chi connectivity index (χ1) is 14.6. The van der Waals surface area contributed by atoms with E-state index in [4.69, 9.17) is 9.47 Å². The van der Waals surface area contributed by atoms with Crippen molar-refractivity contribution < 1.29 is 14.3 Å². The number of carbonyl (C=O) groups is 1. The Hall–Kier alpha value is -3.22. The van der Waals surface area contributed by atoms with Crippen LogP contribution < -0.4 is 25.0 Å². The van der Waals surface area contributed by atoms with Crippen LogP contribution in [0.3, 0.4) is 0 Å². The first-order valence-electron chi connectivity index (χ1n) is 10.3. The monoisotopic (exact) mass is 410 g/mol. The smallest absolute Gasteiger partial charge is 0.226 e. The zero-order valence-electron chi connectivity index (χ0n) is 17.9. The average molecular weight is 411 g/mol. The van der Waals surface area contributed by atoms with Crippen LogP contribution in [0.5, 0.6) is 11.5 Å². The van der Waals surface area contributed by atoms with Crippen molar-refractivity contribution in [2.75, 3.05) is 37.5 Å². The molecule has 1 saturated heterocycles. The molecule has 0 radical (unpaired) electrons. The highest BCUT2D eigenvalue weighted by Gasteiger charge is 2.19. The van der Waals surface area contributed by atoms with Crippen molar-refractivity contribution in [3.63, 3.8) is 0 Å². The van der Waals surface area contributed by atoms with E-state index in [1.54, 1.807) is 14.2 Å². The van der Waals surface area contributed by atoms with Gasteiger partial charge in [0.1, 0.15) is 0 Å². The Labute approximate surface area is 178 Å². The topological polar surface area (TPSA) is 75.2 Å². The highest BCUT2D eigenvalue weighted by atomic mass is 16.5. The molecule has 0 unspecified atom stereocenters. The molecule has 2 N–H and O–H groups in total. The molecule has 1 amide bonds.